The summed E-state index contributed by atoms with van der Waals surface area (Å²) in [5.74, 6) is 1.60. The van der Waals surface area contributed by atoms with Crippen LogP contribution in [0.3, 0.4) is 0 Å². The van der Waals surface area contributed by atoms with Crippen LogP contribution in [0.25, 0.3) is 0 Å². The second-order valence-electron chi connectivity index (χ2n) is 7.18. The fraction of sp³-hybridized carbons (Fsp3) is 0.556. The summed E-state index contributed by atoms with van der Waals surface area (Å²) in [6.45, 7) is 3.90. The molecule has 132 valence electrons. The number of amides is 1. The van der Waals surface area contributed by atoms with Gasteiger partial charge in [-0.2, -0.15) is 0 Å². The normalized spacial score (nSPS) is 22.5. The van der Waals surface area contributed by atoms with Crippen LogP contribution in [0.1, 0.15) is 64.6 Å². The number of hydrogen-bond acceptors (Lipinski definition) is 5. The van der Waals surface area contributed by atoms with Crippen LogP contribution in [0.2, 0.25) is 0 Å². The van der Waals surface area contributed by atoms with E-state index in [-0.39, 0.29) is 23.4 Å². The zero-order valence-corrected chi connectivity index (χ0v) is 15.3. The van der Waals surface area contributed by atoms with E-state index in [0.29, 0.717) is 12.3 Å². The van der Waals surface area contributed by atoms with Crippen LogP contribution in [0.5, 0.6) is 0 Å². The summed E-state index contributed by atoms with van der Waals surface area (Å²) in [5.41, 5.74) is 1.77. The van der Waals surface area contributed by atoms with E-state index in [0.717, 1.165) is 52.8 Å². The molecule has 2 aromatic heterocycles. The van der Waals surface area contributed by atoms with E-state index in [2.05, 4.69) is 20.3 Å². The molecule has 0 spiro atoms. The summed E-state index contributed by atoms with van der Waals surface area (Å²) in [5, 5.41) is 4.09. The molecule has 2 aromatic rings. The first-order valence-electron chi connectivity index (χ1n) is 8.81. The Morgan fingerprint density at radius 3 is 2.68 bits per heavy atom. The van der Waals surface area contributed by atoms with Gasteiger partial charge in [0.2, 0.25) is 5.91 Å². The average Bonchev–Trinajstić information content (AvgIpc) is 3.29. The van der Waals surface area contributed by atoms with Crippen LogP contribution in [0.15, 0.2) is 10.9 Å². The second-order valence-corrected chi connectivity index (χ2v) is 8.47. The van der Waals surface area contributed by atoms with Gasteiger partial charge in [0.25, 0.3) is 5.56 Å². The third kappa shape index (κ3) is 3.66. The van der Waals surface area contributed by atoms with Crippen LogP contribution in [0.4, 0.5) is 0 Å². The molecule has 2 heterocycles. The topological polar surface area (TPSA) is 87.7 Å². The molecule has 0 aromatic carbocycles. The van der Waals surface area contributed by atoms with Crippen molar-refractivity contribution in [2.45, 2.75) is 63.8 Å². The van der Waals surface area contributed by atoms with Crippen LogP contribution in [-0.2, 0) is 11.2 Å². The number of nitrogens with zero attached hydrogens (tertiary/aromatic N) is 2. The predicted molar refractivity (Wildman–Crippen MR) is 96.0 cm³/mol. The Balaban J connectivity index is 1.32. The van der Waals surface area contributed by atoms with E-state index in [1.807, 2.05) is 13.8 Å². The fourth-order valence-electron chi connectivity index (χ4n) is 3.39. The molecule has 2 aliphatic rings. The zero-order chi connectivity index (χ0) is 17.6. The first-order chi connectivity index (χ1) is 12.0. The Morgan fingerprint density at radius 2 is 2.04 bits per heavy atom. The molecular weight excluding hydrogens is 336 g/mol. The maximum Gasteiger partial charge on any atom is 0.251 e. The minimum absolute atomic E-state index is 0.0488. The van der Waals surface area contributed by atoms with Crippen molar-refractivity contribution in [2.24, 2.45) is 0 Å². The third-order valence-electron chi connectivity index (χ3n) is 4.99. The molecule has 0 radical (unpaired) electrons. The molecule has 7 heteroatoms. The summed E-state index contributed by atoms with van der Waals surface area (Å²) in [6, 6.07) is 1.79. The van der Waals surface area contributed by atoms with Crippen molar-refractivity contribution in [1.82, 2.24) is 20.3 Å². The Hall–Kier alpha value is -2.02. The molecule has 25 heavy (non-hydrogen) atoms. The molecule has 1 amide bonds. The number of hydrogen-bond donors (Lipinski definition) is 2. The van der Waals surface area contributed by atoms with E-state index in [4.69, 9.17) is 0 Å². The number of nitrogens with one attached hydrogen (secondary N) is 2. The van der Waals surface area contributed by atoms with Gasteiger partial charge in [-0.1, -0.05) is 0 Å². The number of rotatable bonds is 5. The standard InChI is InChI=1S/C18H22N4O2S/c1-9-15(25-10(2)19-9)8-17(24)20-13-5-12(6-13)14-7-16(23)22-18(21-14)11-3-4-11/h7,11-13H,3-6,8H2,1-2H3,(H,20,24)(H,21,22,23). The maximum atomic E-state index is 12.2. The van der Waals surface area contributed by atoms with Gasteiger partial charge in [0.05, 0.1) is 22.8 Å². The highest BCUT2D eigenvalue weighted by atomic mass is 32.1. The Bertz CT molecular complexity index is 862. The van der Waals surface area contributed by atoms with Gasteiger partial charge >= 0.3 is 0 Å². The smallest absolute Gasteiger partial charge is 0.251 e. The summed E-state index contributed by atoms with van der Waals surface area (Å²) < 4.78 is 0. The molecule has 2 aliphatic carbocycles. The van der Waals surface area contributed by atoms with Gasteiger partial charge in [0.1, 0.15) is 5.82 Å². The first-order valence-corrected chi connectivity index (χ1v) is 9.63. The van der Waals surface area contributed by atoms with Crippen LogP contribution < -0.4 is 10.9 Å². The highest BCUT2D eigenvalue weighted by molar-refractivity contribution is 7.11. The molecular formula is C18H22N4O2S. The van der Waals surface area contributed by atoms with Gasteiger partial charge in [-0.25, -0.2) is 9.97 Å². The van der Waals surface area contributed by atoms with Crippen LogP contribution in [-0.4, -0.2) is 26.9 Å². The second kappa shape index (κ2) is 6.37. The summed E-state index contributed by atoms with van der Waals surface area (Å²) in [7, 11) is 0. The quantitative estimate of drug-likeness (QED) is 0.859. The minimum atomic E-state index is -0.0598. The number of thiazole rings is 1. The van der Waals surface area contributed by atoms with Crippen molar-refractivity contribution in [3.05, 3.63) is 43.5 Å². The number of aromatic nitrogens is 3. The maximum absolute atomic E-state index is 12.2. The van der Waals surface area contributed by atoms with Gasteiger partial charge in [-0.3, -0.25) is 9.59 Å². The number of aromatic amines is 1. The number of carbonyl (C=O) groups excluding carboxylic acids is 1. The lowest BCUT2D eigenvalue weighted by molar-refractivity contribution is -0.121. The minimum Gasteiger partial charge on any atom is -0.353 e. The SMILES string of the molecule is Cc1nc(C)c(CC(=O)NC2CC(c3cc(=O)[nH]c(C4CC4)n3)C2)s1. The van der Waals surface area contributed by atoms with Crippen molar-refractivity contribution >= 4 is 17.2 Å². The largest absolute Gasteiger partial charge is 0.353 e. The molecule has 0 atom stereocenters. The lowest BCUT2D eigenvalue weighted by atomic mass is 9.78. The molecule has 0 bridgehead atoms. The molecule has 0 unspecified atom stereocenters. The zero-order valence-electron chi connectivity index (χ0n) is 14.5. The van der Waals surface area contributed by atoms with Crippen molar-refractivity contribution < 1.29 is 4.79 Å². The van der Waals surface area contributed by atoms with Gasteiger partial charge < -0.3 is 10.3 Å². The van der Waals surface area contributed by atoms with Crippen molar-refractivity contribution in [2.75, 3.05) is 0 Å². The average molecular weight is 358 g/mol. The number of H-pyrrole nitrogens is 1. The Kier molecular flexibility index (Phi) is 4.19. The highest BCUT2D eigenvalue weighted by Crippen LogP contribution is 2.40. The summed E-state index contributed by atoms with van der Waals surface area (Å²) >= 11 is 1.58. The van der Waals surface area contributed by atoms with Crippen molar-refractivity contribution in [3.8, 4) is 0 Å². The predicted octanol–water partition coefficient (Wildman–Crippen LogP) is 2.33. The van der Waals surface area contributed by atoms with Gasteiger partial charge in [0, 0.05) is 28.8 Å². The molecule has 6 nitrogen and oxygen atoms in total. The summed E-state index contributed by atoms with van der Waals surface area (Å²) in [6.07, 6.45) is 4.34. The highest BCUT2D eigenvalue weighted by Gasteiger charge is 2.34. The van der Waals surface area contributed by atoms with E-state index in [1.54, 1.807) is 17.4 Å². The lowest BCUT2D eigenvalue weighted by Crippen LogP contribution is -2.44. The Morgan fingerprint density at radius 1 is 1.28 bits per heavy atom. The molecule has 2 N–H and O–H groups in total. The van der Waals surface area contributed by atoms with Crippen molar-refractivity contribution in [3.63, 3.8) is 0 Å². The third-order valence-corrected chi connectivity index (χ3v) is 6.06. The molecule has 2 saturated carbocycles. The Labute approximate surface area is 150 Å². The van der Waals surface area contributed by atoms with Crippen LogP contribution >= 0.6 is 11.3 Å². The fourth-order valence-corrected chi connectivity index (χ4v) is 4.33. The van der Waals surface area contributed by atoms with Gasteiger partial charge in [-0.15, -0.1) is 11.3 Å². The van der Waals surface area contributed by atoms with E-state index < -0.39 is 0 Å². The molecule has 0 aliphatic heterocycles. The molecule has 2 fully saturated rings. The van der Waals surface area contributed by atoms with E-state index in [1.165, 1.54) is 0 Å². The van der Waals surface area contributed by atoms with Crippen molar-refractivity contribution in [1.29, 1.82) is 0 Å². The van der Waals surface area contributed by atoms with E-state index in [9.17, 15) is 9.59 Å². The molecule has 0 saturated heterocycles. The van der Waals surface area contributed by atoms with Crippen LogP contribution in [0, 0.1) is 13.8 Å². The van der Waals surface area contributed by atoms with E-state index >= 15 is 0 Å². The van der Waals surface area contributed by atoms with Gasteiger partial charge in [0.15, 0.2) is 0 Å². The number of carbonyl (C=O) groups is 1. The van der Waals surface area contributed by atoms with Gasteiger partial charge in [-0.05, 0) is 39.5 Å². The summed E-state index contributed by atoms with van der Waals surface area (Å²) in [4.78, 5) is 36.9. The monoisotopic (exact) mass is 358 g/mol. The number of aryl methyl sites for hydroxylation is 2. The first kappa shape index (κ1) is 16.4. The lowest BCUT2D eigenvalue weighted by Gasteiger charge is -2.35. The molecule has 4 rings (SSSR count).